The second kappa shape index (κ2) is 4.89. The van der Waals surface area contributed by atoms with Crippen molar-refractivity contribution < 1.29 is 4.70 Å². The van der Waals surface area contributed by atoms with Crippen LogP contribution in [-0.4, -0.2) is 6.54 Å². The molecule has 0 heterocycles. The zero-order valence-corrected chi connectivity index (χ0v) is 4.27. The fraction of sp³-hybridized carbons (Fsp3) is 1.00. The van der Waals surface area contributed by atoms with E-state index >= 15 is 0 Å². The lowest BCUT2D eigenvalue weighted by Crippen LogP contribution is -2.05. The van der Waals surface area contributed by atoms with Crippen LogP contribution in [0.15, 0.2) is 0 Å². The molecule has 6 heavy (non-hydrogen) atoms. The van der Waals surface area contributed by atoms with Gasteiger partial charge >= 0.3 is 0 Å². The van der Waals surface area contributed by atoms with Gasteiger partial charge in [-0.1, -0.05) is 13.8 Å². The Hall–Kier alpha value is -0.110. The lowest BCUT2D eigenvalue weighted by molar-refractivity contribution is 0.664. The molecule has 0 spiro atoms. The van der Waals surface area contributed by atoms with Crippen LogP contribution in [0.3, 0.4) is 0 Å². The highest BCUT2D eigenvalue weighted by Gasteiger charge is 1.80. The van der Waals surface area contributed by atoms with E-state index in [1.807, 2.05) is 0 Å². The first kappa shape index (κ1) is 9.31. The van der Waals surface area contributed by atoms with E-state index in [9.17, 15) is 0 Å². The van der Waals surface area contributed by atoms with Crippen LogP contribution in [0.4, 0.5) is 4.70 Å². The minimum absolute atomic E-state index is 0. The molecule has 2 N–H and O–H groups in total. The van der Waals surface area contributed by atoms with Gasteiger partial charge in [0.1, 0.15) is 0 Å². The predicted molar refractivity (Wildman–Crippen MR) is 26.4 cm³/mol. The summed E-state index contributed by atoms with van der Waals surface area (Å²) < 4.78 is 0. The summed E-state index contributed by atoms with van der Waals surface area (Å²) in [5.74, 6) is 0.662. The van der Waals surface area contributed by atoms with Crippen LogP contribution in [0.25, 0.3) is 0 Å². The van der Waals surface area contributed by atoms with E-state index in [1.54, 1.807) is 0 Å². The van der Waals surface area contributed by atoms with Crippen LogP contribution in [0.1, 0.15) is 13.8 Å². The van der Waals surface area contributed by atoms with Gasteiger partial charge in [0.05, 0.1) is 0 Å². The van der Waals surface area contributed by atoms with E-state index in [2.05, 4.69) is 13.8 Å². The first-order valence-electron chi connectivity index (χ1n) is 1.97. The van der Waals surface area contributed by atoms with Crippen molar-refractivity contribution in [3.63, 3.8) is 0 Å². The van der Waals surface area contributed by atoms with Crippen LogP contribution in [0, 0.1) is 5.92 Å². The van der Waals surface area contributed by atoms with Gasteiger partial charge in [-0.25, -0.2) is 0 Å². The van der Waals surface area contributed by atoms with Gasteiger partial charge in [-0.2, -0.15) is 0 Å². The maximum Gasteiger partial charge on any atom is -0.00541 e. The van der Waals surface area contributed by atoms with Crippen LogP contribution in [0.5, 0.6) is 0 Å². The minimum Gasteiger partial charge on any atom is -0.330 e. The molecule has 0 fully saturated rings. The van der Waals surface area contributed by atoms with Gasteiger partial charge in [0.15, 0.2) is 0 Å². The van der Waals surface area contributed by atoms with Gasteiger partial charge < -0.3 is 5.73 Å². The molecule has 0 unspecified atom stereocenters. The Morgan fingerprint density at radius 3 is 1.67 bits per heavy atom. The van der Waals surface area contributed by atoms with Crippen LogP contribution >= 0.6 is 0 Å². The molecule has 0 saturated heterocycles. The van der Waals surface area contributed by atoms with Gasteiger partial charge in [0.2, 0.25) is 0 Å². The summed E-state index contributed by atoms with van der Waals surface area (Å²) in [5.41, 5.74) is 5.17. The number of rotatable bonds is 1. The van der Waals surface area contributed by atoms with Crippen molar-refractivity contribution in [3.8, 4) is 0 Å². The number of halogens is 1. The molecule has 0 bridgehead atoms. The van der Waals surface area contributed by atoms with E-state index < -0.39 is 0 Å². The Kier molecular flexibility index (Phi) is 7.59. The van der Waals surface area contributed by atoms with Crippen molar-refractivity contribution in [1.29, 1.82) is 0 Å². The summed E-state index contributed by atoms with van der Waals surface area (Å²) in [7, 11) is 0. The minimum atomic E-state index is 0. The summed E-state index contributed by atoms with van der Waals surface area (Å²) in [5, 5.41) is 0. The van der Waals surface area contributed by atoms with E-state index in [0.29, 0.717) is 5.92 Å². The number of hydrogen-bond donors (Lipinski definition) is 1. The fourth-order valence-corrected chi connectivity index (χ4v) is 0. The Balaban J connectivity index is 0. The van der Waals surface area contributed by atoms with E-state index in [1.165, 1.54) is 0 Å². The zero-order chi connectivity index (χ0) is 4.28. The molecule has 0 aliphatic rings. The second-order valence-corrected chi connectivity index (χ2v) is 1.63. The fourth-order valence-electron chi connectivity index (χ4n) is 0. The lowest BCUT2D eigenvalue weighted by atomic mass is 10.2. The third-order valence-electron chi connectivity index (χ3n) is 0.471. The summed E-state index contributed by atoms with van der Waals surface area (Å²) >= 11 is 0. The normalized spacial score (nSPS) is 8.00. The third kappa shape index (κ3) is 9.10. The maximum absolute atomic E-state index is 5.17. The van der Waals surface area contributed by atoms with Crippen molar-refractivity contribution >= 4 is 0 Å². The highest BCUT2D eigenvalue weighted by molar-refractivity contribution is 4.38. The molecule has 40 valence electrons. The summed E-state index contributed by atoms with van der Waals surface area (Å²) in [4.78, 5) is 0. The highest BCUT2D eigenvalue weighted by Crippen LogP contribution is 1.81. The van der Waals surface area contributed by atoms with Gasteiger partial charge in [-0.05, 0) is 12.5 Å². The zero-order valence-electron chi connectivity index (χ0n) is 4.27. The largest absolute Gasteiger partial charge is 0.330 e. The lowest BCUT2D eigenvalue weighted by Gasteiger charge is -1.91. The molecule has 2 heteroatoms. The molecule has 0 amide bonds. The number of hydrogen-bond acceptors (Lipinski definition) is 1. The molecule has 0 aromatic rings. The van der Waals surface area contributed by atoms with Gasteiger partial charge in [0.25, 0.3) is 0 Å². The Morgan fingerprint density at radius 2 is 1.67 bits per heavy atom. The predicted octanol–water partition coefficient (Wildman–Crippen LogP) is 0.754. The van der Waals surface area contributed by atoms with E-state index in [4.69, 9.17) is 5.73 Å². The quantitative estimate of drug-likeness (QED) is 0.508. The Labute approximate surface area is 37.9 Å². The first-order chi connectivity index (χ1) is 2.27. The maximum atomic E-state index is 5.17. The smallest absolute Gasteiger partial charge is 0.00541 e. The van der Waals surface area contributed by atoms with Crippen LogP contribution in [-0.2, 0) is 0 Å². The highest BCUT2D eigenvalue weighted by atomic mass is 19.0. The first-order valence-corrected chi connectivity index (χ1v) is 1.97. The molecule has 0 aliphatic carbocycles. The van der Waals surface area contributed by atoms with Crippen molar-refractivity contribution in [3.05, 3.63) is 0 Å². The van der Waals surface area contributed by atoms with Gasteiger partial charge in [0, 0.05) is 0 Å². The van der Waals surface area contributed by atoms with Gasteiger partial charge in [-0.15, -0.1) is 0 Å². The summed E-state index contributed by atoms with van der Waals surface area (Å²) in [6.45, 7) is 5.00. The van der Waals surface area contributed by atoms with Crippen molar-refractivity contribution in [2.75, 3.05) is 6.54 Å². The second-order valence-electron chi connectivity index (χ2n) is 1.63. The summed E-state index contributed by atoms with van der Waals surface area (Å²) in [6.07, 6.45) is 0. The Bertz CT molecular complexity index is 21.5. The molecule has 0 aromatic heterocycles. The average molecular weight is 93.1 g/mol. The third-order valence-corrected chi connectivity index (χ3v) is 0.471. The van der Waals surface area contributed by atoms with E-state index in [0.717, 1.165) is 6.54 Å². The monoisotopic (exact) mass is 93.1 g/mol. The molecule has 0 atom stereocenters. The van der Waals surface area contributed by atoms with Crippen molar-refractivity contribution in [1.82, 2.24) is 0 Å². The molecule has 0 saturated carbocycles. The molecular formula is C4H12FN. The van der Waals surface area contributed by atoms with Gasteiger partial charge in [-0.3, -0.25) is 4.70 Å². The van der Waals surface area contributed by atoms with Crippen LogP contribution < -0.4 is 5.73 Å². The molecular weight excluding hydrogens is 81.0 g/mol. The Morgan fingerprint density at radius 1 is 1.50 bits per heavy atom. The molecule has 0 radical (unpaired) electrons. The van der Waals surface area contributed by atoms with Crippen molar-refractivity contribution in [2.24, 2.45) is 11.7 Å². The molecule has 0 aliphatic heterocycles. The standard InChI is InChI=1S/C4H11N.FH/c1-4(2)3-5;/h4H,3,5H2,1-2H3;1H. The average Bonchev–Trinajstić information content (AvgIpc) is 1.38. The SMILES string of the molecule is CC(C)CN.F. The summed E-state index contributed by atoms with van der Waals surface area (Å²) in [6, 6.07) is 0. The van der Waals surface area contributed by atoms with Crippen LogP contribution in [0.2, 0.25) is 0 Å². The molecule has 0 aromatic carbocycles. The van der Waals surface area contributed by atoms with E-state index in [-0.39, 0.29) is 4.70 Å². The number of nitrogens with two attached hydrogens (primary N) is 1. The molecule has 0 rings (SSSR count). The topological polar surface area (TPSA) is 26.0 Å². The molecule has 1 nitrogen and oxygen atoms in total. The van der Waals surface area contributed by atoms with Crippen molar-refractivity contribution in [2.45, 2.75) is 13.8 Å².